The summed E-state index contributed by atoms with van der Waals surface area (Å²) in [5.74, 6) is -2.91. The fraction of sp³-hybridized carbons (Fsp3) is 0.632. The number of rotatable bonds is 16. The molecule has 3 amide bonds. The van der Waals surface area contributed by atoms with Crippen molar-refractivity contribution in [3.05, 3.63) is 48.6 Å². The smallest absolute Gasteiger partial charge is 0.408 e. The molecular weight excluding hydrogens is 610 g/mol. The lowest BCUT2D eigenvalue weighted by atomic mass is 9.83. The molecule has 10 heteroatoms. The molecule has 1 saturated carbocycles. The standard InChI is InChI=1S/C38H55N3O7/c1-10-11-18-25(32(45)27(42)19-15-20-29(44)39-22-24-16-13-12-14-17-24)21-28(43)31-30-26(38(30,8)9)23-41(31)34(46)33(36(2,3)4)40-35(47)48-37(5,6)7/h10,12-14,16-17,25-26,30-31,33H,1,11,15,18-23H2,2-9H3,(H,39,44)(H,40,47)/t25?,26-,30-,31+,33+/m0/s1. The number of alkyl carbamates (subject to hydrolysis) is 1. The number of benzene rings is 1. The molecule has 48 heavy (non-hydrogen) atoms. The summed E-state index contributed by atoms with van der Waals surface area (Å²) in [6.45, 7) is 19.4. The Labute approximate surface area is 285 Å². The maximum Gasteiger partial charge on any atom is 0.408 e. The summed E-state index contributed by atoms with van der Waals surface area (Å²) >= 11 is 0. The molecule has 10 nitrogen and oxygen atoms in total. The molecule has 1 unspecified atom stereocenters. The number of carbonyl (C=O) groups excluding carboxylic acids is 6. The number of ketones is 3. The van der Waals surface area contributed by atoms with Crippen LogP contribution < -0.4 is 10.6 Å². The van der Waals surface area contributed by atoms with Crippen LogP contribution in [0.3, 0.4) is 0 Å². The van der Waals surface area contributed by atoms with Gasteiger partial charge in [0.1, 0.15) is 11.6 Å². The summed E-state index contributed by atoms with van der Waals surface area (Å²) in [6.07, 6.45) is 1.70. The molecule has 2 fully saturated rings. The summed E-state index contributed by atoms with van der Waals surface area (Å²) < 4.78 is 5.44. The number of nitrogens with one attached hydrogen (secondary N) is 2. The van der Waals surface area contributed by atoms with E-state index in [1.807, 2.05) is 51.1 Å². The number of allylic oxidation sites excluding steroid dienone is 1. The van der Waals surface area contributed by atoms with Gasteiger partial charge in [0, 0.05) is 38.3 Å². The van der Waals surface area contributed by atoms with Crippen molar-refractivity contribution >= 4 is 35.3 Å². The summed E-state index contributed by atoms with van der Waals surface area (Å²) in [7, 11) is 0. The number of piperidine rings is 1. The van der Waals surface area contributed by atoms with Gasteiger partial charge in [0.25, 0.3) is 0 Å². The third kappa shape index (κ3) is 10.1. The van der Waals surface area contributed by atoms with E-state index in [2.05, 4.69) is 31.1 Å². The van der Waals surface area contributed by atoms with Gasteiger partial charge >= 0.3 is 6.09 Å². The van der Waals surface area contributed by atoms with E-state index in [1.54, 1.807) is 31.7 Å². The molecular formula is C38H55N3O7. The predicted octanol–water partition coefficient (Wildman–Crippen LogP) is 5.58. The third-order valence-electron chi connectivity index (χ3n) is 9.55. The topological polar surface area (TPSA) is 139 Å². The molecule has 2 N–H and O–H groups in total. The largest absolute Gasteiger partial charge is 0.444 e. The average Bonchev–Trinajstić information content (AvgIpc) is 3.30. The first-order valence-electron chi connectivity index (χ1n) is 17.1. The zero-order chi connectivity index (χ0) is 36.0. The van der Waals surface area contributed by atoms with Crippen LogP contribution in [0.5, 0.6) is 0 Å². The maximum absolute atomic E-state index is 14.1. The summed E-state index contributed by atoms with van der Waals surface area (Å²) in [5.41, 5.74) is -0.641. The van der Waals surface area contributed by atoms with Crippen LogP contribution in [0.4, 0.5) is 4.79 Å². The Morgan fingerprint density at radius 2 is 1.67 bits per heavy atom. The lowest BCUT2D eigenvalue weighted by Crippen LogP contribution is -2.58. The molecule has 3 rings (SSSR count). The number of hydrogen-bond donors (Lipinski definition) is 2. The van der Waals surface area contributed by atoms with Crippen molar-refractivity contribution < 1.29 is 33.5 Å². The van der Waals surface area contributed by atoms with Crippen molar-refractivity contribution in [1.29, 1.82) is 0 Å². The quantitative estimate of drug-likeness (QED) is 0.174. The van der Waals surface area contributed by atoms with Crippen LogP contribution in [0.25, 0.3) is 0 Å². The van der Waals surface area contributed by atoms with Crippen LogP contribution in [0.15, 0.2) is 43.0 Å². The van der Waals surface area contributed by atoms with Gasteiger partial charge in [-0.3, -0.25) is 24.0 Å². The van der Waals surface area contributed by atoms with E-state index in [9.17, 15) is 28.8 Å². The van der Waals surface area contributed by atoms with Crippen LogP contribution in [-0.2, 0) is 35.3 Å². The van der Waals surface area contributed by atoms with Gasteiger partial charge in [0.2, 0.25) is 17.6 Å². The minimum Gasteiger partial charge on any atom is -0.444 e. The number of nitrogens with zero attached hydrogens (tertiary/aromatic N) is 1. The van der Waals surface area contributed by atoms with E-state index in [0.29, 0.717) is 19.5 Å². The Balaban J connectivity index is 1.69. The third-order valence-corrected chi connectivity index (χ3v) is 9.55. The molecule has 1 aliphatic carbocycles. The number of hydrogen-bond acceptors (Lipinski definition) is 7. The molecule has 2 aliphatic rings. The van der Waals surface area contributed by atoms with Gasteiger partial charge < -0.3 is 20.3 Å². The highest BCUT2D eigenvalue weighted by atomic mass is 16.6. The normalized spacial score (nSPS) is 20.9. The molecule has 1 aromatic carbocycles. The van der Waals surface area contributed by atoms with E-state index in [1.165, 1.54) is 0 Å². The van der Waals surface area contributed by atoms with E-state index in [-0.39, 0.29) is 67.0 Å². The summed E-state index contributed by atoms with van der Waals surface area (Å²) in [5, 5.41) is 5.57. The number of likely N-dealkylation sites (tertiary alicyclic amines) is 1. The van der Waals surface area contributed by atoms with Crippen molar-refractivity contribution in [1.82, 2.24) is 15.5 Å². The second-order valence-electron chi connectivity index (χ2n) is 16.0. The predicted molar refractivity (Wildman–Crippen MR) is 184 cm³/mol. The van der Waals surface area contributed by atoms with Crippen molar-refractivity contribution in [3.8, 4) is 0 Å². The van der Waals surface area contributed by atoms with Crippen LogP contribution >= 0.6 is 0 Å². The van der Waals surface area contributed by atoms with E-state index < -0.39 is 46.7 Å². The Morgan fingerprint density at radius 1 is 1.02 bits per heavy atom. The van der Waals surface area contributed by atoms with Crippen molar-refractivity contribution in [2.75, 3.05) is 6.54 Å². The Hall–Kier alpha value is -3.82. The summed E-state index contributed by atoms with van der Waals surface area (Å²) in [4.78, 5) is 81.3. The maximum atomic E-state index is 14.1. The van der Waals surface area contributed by atoms with Crippen LogP contribution in [0.2, 0.25) is 0 Å². The molecule has 0 spiro atoms. The first-order chi connectivity index (χ1) is 22.3. The number of carbonyl (C=O) groups is 6. The average molecular weight is 666 g/mol. The van der Waals surface area contributed by atoms with E-state index in [4.69, 9.17) is 4.74 Å². The fourth-order valence-corrected chi connectivity index (χ4v) is 6.78. The lowest BCUT2D eigenvalue weighted by molar-refractivity contribution is -0.145. The van der Waals surface area contributed by atoms with Crippen LogP contribution in [0, 0.1) is 28.6 Å². The minimum absolute atomic E-state index is 0.0867. The molecule has 0 aromatic heterocycles. The molecule has 5 atom stereocenters. The van der Waals surface area contributed by atoms with E-state index >= 15 is 0 Å². The van der Waals surface area contributed by atoms with Crippen LogP contribution in [-0.4, -0.2) is 64.4 Å². The minimum atomic E-state index is -0.951. The lowest BCUT2D eigenvalue weighted by Gasteiger charge is -2.38. The number of fused-ring (bicyclic) bond motifs is 1. The van der Waals surface area contributed by atoms with E-state index in [0.717, 1.165) is 5.56 Å². The van der Waals surface area contributed by atoms with Crippen LogP contribution in [0.1, 0.15) is 99.5 Å². The Kier molecular flexibility index (Phi) is 12.6. The number of amides is 3. The molecule has 1 aromatic rings. The fourth-order valence-electron chi connectivity index (χ4n) is 6.78. The zero-order valence-electron chi connectivity index (χ0n) is 30.0. The van der Waals surface area contributed by atoms with Crippen molar-refractivity contribution in [2.24, 2.45) is 28.6 Å². The zero-order valence-corrected chi connectivity index (χ0v) is 30.0. The highest BCUT2D eigenvalue weighted by Crippen LogP contribution is 2.65. The van der Waals surface area contributed by atoms with Crippen molar-refractivity contribution in [2.45, 2.75) is 118 Å². The second kappa shape index (κ2) is 15.6. The molecule has 0 bridgehead atoms. The molecule has 1 saturated heterocycles. The van der Waals surface area contributed by atoms with Gasteiger partial charge in [-0.2, -0.15) is 0 Å². The first-order valence-corrected chi connectivity index (χ1v) is 17.1. The number of ether oxygens (including phenoxy) is 1. The van der Waals surface area contributed by atoms with Gasteiger partial charge in [-0.1, -0.05) is 71.0 Å². The highest BCUT2D eigenvalue weighted by molar-refractivity contribution is 6.38. The van der Waals surface area contributed by atoms with Gasteiger partial charge in [-0.15, -0.1) is 6.58 Å². The van der Waals surface area contributed by atoms with Crippen molar-refractivity contribution in [3.63, 3.8) is 0 Å². The van der Waals surface area contributed by atoms with Gasteiger partial charge in [0.05, 0.1) is 6.04 Å². The first kappa shape index (κ1) is 38.6. The Bertz CT molecular complexity index is 1370. The number of Topliss-reactive ketones (excluding diaryl/α,β-unsaturated/α-hetero) is 3. The molecule has 1 heterocycles. The monoisotopic (exact) mass is 665 g/mol. The SMILES string of the molecule is C=CCCC(CC(=O)[C@@H]1[C@@H]2[C@H](CN1C(=O)[C@@H](NC(=O)OC(C)(C)C)C(C)(C)C)C2(C)C)C(=O)C(=O)CCCC(=O)NCc1ccccc1. The molecule has 1 aliphatic heterocycles. The Morgan fingerprint density at radius 3 is 2.25 bits per heavy atom. The second-order valence-corrected chi connectivity index (χ2v) is 16.0. The van der Waals surface area contributed by atoms with Gasteiger partial charge in [-0.05, 0) is 68.3 Å². The molecule has 264 valence electrons. The molecule has 0 radical (unpaired) electrons. The van der Waals surface area contributed by atoms with Gasteiger partial charge in [-0.25, -0.2) is 4.79 Å². The highest BCUT2D eigenvalue weighted by Gasteiger charge is 2.69. The van der Waals surface area contributed by atoms with Gasteiger partial charge in [0.15, 0.2) is 11.6 Å². The summed E-state index contributed by atoms with van der Waals surface area (Å²) in [6, 6.07) is 7.75.